The fourth-order valence-corrected chi connectivity index (χ4v) is 2.68. The van der Waals surface area contributed by atoms with Gasteiger partial charge in [-0.05, 0) is 32.6 Å². The van der Waals surface area contributed by atoms with Crippen molar-refractivity contribution >= 4 is 17.7 Å². The van der Waals surface area contributed by atoms with Gasteiger partial charge < -0.3 is 4.90 Å². The second kappa shape index (κ2) is 7.17. The lowest BCUT2D eigenvalue weighted by Gasteiger charge is -2.26. The molecule has 16 heavy (non-hydrogen) atoms. The Hall–Kier alpha value is -0.220. The Bertz CT molecular complexity index is 217. The lowest BCUT2D eigenvalue weighted by Crippen LogP contribution is -2.41. The van der Waals surface area contributed by atoms with E-state index >= 15 is 0 Å². The van der Waals surface area contributed by atoms with Gasteiger partial charge in [0.2, 0.25) is 5.91 Å². The van der Waals surface area contributed by atoms with E-state index < -0.39 is 0 Å². The molecule has 1 aliphatic heterocycles. The molecule has 0 unspecified atom stereocenters. The van der Waals surface area contributed by atoms with Crippen LogP contribution in [-0.2, 0) is 4.79 Å². The number of likely N-dealkylation sites (N-methyl/N-ethyl adjacent to an activating group) is 1. The molecule has 0 aromatic heterocycles. The highest BCUT2D eigenvalue weighted by Crippen LogP contribution is 2.10. The SMILES string of the molecule is CCSC[C@@H](C)N(C)CC(=O)N1CCCC1. The average Bonchev–Trinajstić information content (AvgIpc) is 2.79. The van der Waals surface area contributed by atoms with E-state index in [0.29, 0.717) is 18.5 Å². The van der Waals surface area contributed by atoms with Gasteiger partial charge in [0, 0.05) is 24.9 Å². The van der Waals surface area contributed by atoms with E-state index in [-0.39, 0.29) is 0 Å². The van der Waals surface area contributed by atoms with Crippen LogP contribution in [0, 0.1) is 0 Å². The monoisotopic (exact) mass is 244 g/mol. The van der Waals surface area contributed by atoms with Crippen LogP contribution in [0.25, 0.3) is 0 Å². The van der Waals surface area contributed by atoms with Gasteiger partial charge in [-0.3, -0.25) is 9.69 Å². The van der Waals surface area contributed by atoms with Gasteiger partial charge in [-0.2, -0.15) is 11.8 Å². The van der Waals surface area contributed by atoms with Crippen LogP contribution in [0.3, 0.4) is 0 Å². The third kappa shape index (κ3) is 4.34. The lowest BCUT2D eigenvalue weighted by atomic mass is 10.3. The summed E-state index contributed by atoms with van der Waals surface area (Å²) in [5, 5.41) is 0. The number of amides is 1. The third-order valence-electron chi connectivity index (χ3n) is 3.16. The van der Waals surface area contributed by atoms with E-state index in [1.165, 1.54) is 12.8 Å². The second-order valence-corrected chi connectivity index (χ2v) is 5.83. The topological polar surface area (TPSA) is 23.6 Å². The minimum atomic E-state index is 0.299. The average molecular weight is 244 g/mol. The third-order valence-corrected chi connectivity index (χ3v) is 4.29. The molecule has 0 N–H and O–H groups in total. The molecule has 0 aromatic rings. The van der Waals surface area contributed by atoms with E-state index in [1.54, 1.807) is 0 Å². The van der Waals surface area contributed by atoms with Gasteiger partial charge in [-0.15, -0.1) is 0 Å². The molecule has 0 bridgehead atoms. The molecule has 0 spiro atoms. The number of nitrogens with zero attached hydrogens (tertiary/aromatic N) is 2. The largest absolute Gasteiger partial charge is 0.342 e. The molecule has 1 aliphatic rings. The lowest BCUT2D eigenvalue weighted by molar-refractivity contribution is -0.131. The van der Waals surface area contributed by atoms with E-state index in [4.69, 9.17) is 0 Å². The van der Waals surface area contributed by atoms with Crippen molar-refractivity contribution in [2.24, 2.45) is 0 Å². The summed E-state index contributed by atoms with van der Waals surface area (Å²) in [7, 11) is 2.05. The van der Waals surface area contributed by atoms with Crippen LogP contribution in [0.1, 0.15) is 26.7 Å². The predicted octanol–water partition coefficient (Wildman–Crippen LogP) is 1.68. The Kier molecular flexibility index (Phi) is 6.21. The van der Waals surface area contributed by atoms with Gasteiger partial charge in [0.1, 0.15) is 0 Å². The van der Waals surface area contributed by atoms with Crippen LogP contribution >= 0.6 is 11.8 Å². The van der Waals surface area contributed by atoms with Crippen LogP contribution in [0.15, 0.2) is 0 Å². The molecule has 0 aliphatic carbocycles. The fourth-order valence-electron chi connectivity index (χ4n) is 1.85. The van der Waals surface area contributed by atoms with Crippen molar-refractivity contribution in [3.8, 4) is 0 Å². The normalized spacial score (nSPS) is 18.1. The fraction of sp³-hybridized carbons (Fsp3) is 0.917. The molecule has 1 saturated heterocycles. The van der Waals surface area contributed by atoms with E-state index in [1.807, 2.05) is 16.7 Å². The van der Waals surface area contributed by atoms with E-state index in [9.17, 15) is 4.79 Å². The van der Waals surface area contributed by atoms with Gasteiger partial charge in [-0.1, -0.05) is 6.92 Å². The molecule has 0 radical (unpaired) electrons. The molecule has 1 rings (SSSR count). The zero-order valence-electron chi connectivity index (χ0n) is 10.7. The van der Waals surface area contributed by atoms with Crippen LogP contribution < -0.4 is 0 Å². The maximum absolute atomic E-state index is 11.9. The standard InChI is InChI=1S/C12H24N2OS/c1-4-16-10-11(2)13(3)9-12(15)14-7-5-6-8-14/h11H,4-10H2,1-3H3/t11-/m1/s1. The minimum Gasteiger partial charge on any atom is -0.342 e. The van der Waals surface area contributed by atoms with Gasteiger partial charge in [0.15, 0.2) is 0 Å². The number of thioether (sulfide) groups is 1. The second-order valence-electron chi connectivity index (χ2n) is 4.51. The first kappa shape index (κ1) is 13.8. The van der Waals surface area contributed by atoms with Crippen molar-refractivity contribution < 1.29 is 4.79 Å². The Morgan fingerprint density at radius 3 is 2.62 bits per heavy atom. The van der Waals surface area contributed by atoms with Crippen LogP contribution in [0.4, 0.5) is 0 Å². The number of carbonyl (C=O) groups excluding carboxylic acids is 1. The Balaban J connectivity index is 2.26. The summed E-state index contributed by atoms with van der Waals surface area (Å²) in [6.45, 7) is 6.87. The Labute approximate surface area is 104 Å². The summed E-state index contributed by atoms with van der Waals surface area (Å²) in [6, 6.07) is 0.483. The molecule has 1 heterocycles. The summed E-state index contributed by atoms with van der Waals surface area (Å²) in [5.74, 6) is 2.56. The number of carbonyl (C=O) groups is 1. The maximum atomic E-state index is 11.9. The van der Waals surface area contributed by atoms with E-state index in [2.05, 4.69) is 25.8 Å². The van der Waals surface area contributed by atoms with Crippen molar-refractivity contribution in [1.29, 1.82) is 0 Å². The molecular formula is C12H24N2OS. The molecule has 1 amide bonds. The summed E-state index contributed by atoms with van der Waals surface area (Å²) in [6.07, 6.45) is 2.35. The molecule has 4 heteroatoms. The number of hydrogen-bond donors (Lipinski definition) is 0. The molecule has 94 valence electrons. The van der Waals surface area contributed by atoms with Crippen molar-refractivity contribution in [2.75, 3.05) is 38.2 Å². The molecule has 1 fully saturated rings. The summed E-state index contributed by atoms with van der Waals surface area (Å²) >= 11 is 1.94. The smallest absolute Gasteiger partial charge is 0.236 e. The quantitative estimate of drug-likeness (QED) is 0.710. The van der Waals surface area contributed by atoms with Gasteiger partial charge in [-0.25, -0.2) is 0 Å². The van der Waals surface area contributed by atoms with Crippen molar-refractivity contribution in [1.82, 2.24) is 9.80 Å². The highest BCUT2D eigenvalue weighted by atomic mass is 32.2. The van der Waals surface area contributed by atoms with Crippen molar-refractivity contribution in [3.63, 3.8) is 0 Å². The number of rotatable bonds is 6. The molecule has 0 aromatic carbocycles. The molecule has 3 nitrogen and oxygen atoms in total. The van der Waals surface area contributed by atoms with Crippen molar-refractivity contribution in [3.05, 3.63) is 0 Å². The first-order valence-corrected chi connectivity index (χ1v) is 7.36. The first-order chi connectivity index (χ1) is 7.65. The van der Waals surface area contributed by atoms with Crippen LogP contribution in [0.2, 0.25) is 0 Å². The zero-order chi connectivity index (χ0) is 12.0. The van der Waals surface area contributed by atoms with Crippen molar-refractivity contribution in [2.45, 2.75) is 32.7 Å². The number of likely N-dealkylation sites (tertiary alicyclic amines) is 1. The predicted molar refractivity (Wildman–Crippen MR) is 70.9 cm³/mol. The maximum Gasteiger partial charge on any atom is 0.236 e. The van der Waals surface area contributed by atoms with Crippen LogP contribution in [0.5, 0.6) is 0 Å². The first-order valence-electron chi connectivity index (χ1n) is 6.21. The van der Waals surface area contributed by atoms with E-state index in [0.717, 1.165) is 24.6 Å². The summed E-state index contributed by atoms with van der Waals surface area (Å²) in [4.78, 5) is 16.1. The molecule has 0 saturated carbocycles. The summed E-state index contributed by atoms with van der Waals surface area (Å²) in [5.41, 5.74) is 0. The zero-order valence-corrected chi connectivity index (χ0v) is 11.6. The highest BCUT2D eigenvalue weighted by Gasteiger charge is 2.20. The van der Waals surface area contributed by atoms with Crippen LogP contribution in [-0.4, -0.2) is 59.9 Å². The van der Waals surface area contributed by atoms with Gasteiger partial charge in [0.25, 0.3) is 0 Å². The highest BCUT2D eigenvalue weighted by molar-refractivity contribution is 7.99. The molecular weight excluding hydrogens is 220 g/mol. The Morgan fingerprint density at radius 1 is 1.44 bits per heavy atom. The number of hydrogen-bond acceptors (Lipinski definition) is 3. The van der Waals surface area contributed by atoms with Gasteiger partial charge in [0.05, 0.1) is 6.54 Å². The molecule has 1 atom stereocenters. The van der Waals surface area contributed by atoms with Gasteiger partial charge >= 0.3 is 0 Å². The summed E-state index contributed by atoms with van der Waals surface area (Å²) < 4.78 is 0. The minimum absolute atomic E-state index is 0.299. The Morgan fingerprint density at radius 2 is 2.06 bits per heavy atom.